The van der Waals surface area contributed by atoms with Crippen molar-refractivity contribution in [3.63, 3.8) is 0 Å². The Balaban J connectivity index is 1.42. The largest absolute Gasteiger partial charge is 0.346 e. The highest BCUT2D eigenvalue weighted by molar-refractivity contribution is 7.09. The van der Waals surface area contributed by atoms with Crippen LogP contribution in [0.25, 0.3) is 0 Å². The Morgan fingerprint density at radius 2 is 1.96 bits per heavy atom. The van der Waals surface area contributed by atoms with Crippen LogP contribution in [0.5, 0.6) is 0 Å². The number of amides is 2. The number of aromatic amines is 1. The number of hydrogen-bond acceptors (Lipinski definition) is 4. The van der Waals surface area contributed by atoms with Crippen molar-refractivity contribution in [3.8, 4) is 0 Å². The first-order valence-corrected chi connectivity index (χ1v) is 10.7. The van der Waals surface area contributed by atoms with Crippen LogP contribution in [0.2, 0.25) is 0 Å². The topological polar surface area (TPSA) is 71.2 Å². The molecule has 8 heteroatoms. The lowest BCUT2D eigenvalue weighted by Crippen LogP contribution is -3.14. The molecule has 0 saturated carbocycles. The van der Waals surface area contributed by atoms with Gasteiger partial charge in [0, 0.05) is 10.9 Å². The number of aromatic nitrogens is 1. The van der Waals surface area contributed by atoms with Crippen LogP contribution in [0.1, 0.15) is 11.8 Å². The highest BCUT2D eigenvalue weighted by Crippen LogP contribution is 2.09. The highest BCUT2D eigenvalue weighted by Gasteiger charge is 2.28. The highest BCUT2D eigenvalue weighted by atomic mass is 32.1. The SMILES string of the molecule is CC[NH+](CC(=O)NCc1cccs1)CC(=O)N1CCN(c2cccc[nH+]2)CC1. The first-order valence-electron chi connectivity index (χ1n) is 9.77. The van der Waals surface area contributed by atoms with Gasteiger partial charge in [-0.2, -0.15) is 0 Å². The van der Waals surface area contributed by atoms with Gasteiger partial charge in [-0.15, -0.1) is 11.3 Å². The van der Waals surface area contributed by atoms with Crippen molar-refractivity contribution in [2.24, 2.45) is 0 Å². The van der Waals surface area contributed by atoms with Crippen LogP contribution in [-0.4, -0.2) is 62.5 Å². The maximum atomic E-state index is 12.7. The molecule has 7 nitrogen and oxygen atoms in total. The summed E-state index contributed by atoms with van der Waals surface area (Å²) >= 11 is 1.63. The number of nitrogens with one attached hydrogen (secondary N) is 3. The Bertz CT molecular complexity index is 745. The zero-order valence-electron chi connectivity index (χ0n) is 16.3. The second-order valence-corrected chi connectivity index (χ2v) is 7.96. The third-order valence-corrected chi connectivity index (χ3v) is 5.89. The maximum Gasteiger partial charge on any atom is 0.278 e. The Kier molecular flexibility index (Phi) is 7.39. The number of carbonyl (C=O) groups is 2. The molecule has 3 heterocycles. The molecule has 150 valence electrons. The van der Waals surface area contributed by atoms with E-state index in [9.17, 15) is 9.59 Å². The first kappa shape index (κ1) is 20.3. The van der Waals surface area contributed by atoms with E-state index < -0.39 is 0 Å². The molecule has 3 rings (SSSR count). The van der Waals surface area contributed by atoms with Crippen LogP contribution in [-0.2, 0) is 16.1 Å². The van der Waals surface area contributed by atoms with E-state index in [1.54, 1.807) is 11.3 Å². The molecule has 28 heavy (non-hydrogen) atoms. The third-order valence-electron chi connectivity index (χ3n) is 5.02. The van der Waals surface area contributed by atoms with Crippen LogP contribution in [0.3, 0.4) is 0 Å². The molecule has 1 aliphatic rings. The second kappa shape index (κ2) is 10.2. The molecule has 1 saturated heterocycles. The number of nitrogens with zero attached hydrogens (tertiary/aromatic N) is 2. The molecular weight excluding hydrogens is 374 g/mol. The van der Waals surface area contributed by atoms with E-state index in [0.29, 0.717) is 32.7 Å². The van der Waals surface area contributed by atoms with E-state index in [1.807, 2.05) is 47.7 Å². The minimum Gasteiger partial charge on any atom is -0.346 e. The number of piperazine rings is 1. The van der Waals surface area contributed by atoms with Crippen molar-refractivity contribution in [2.75, 3.05) is 50.7 Å². The maximum absolute atomic E-state index is 12.7. The molecule has 2 amide bonds. The minimum atomic E-state index is -0.0116. The number of thiophene rings is 1. The van der Waals surface area contributed by atoms with E-state index >= 15 is 0 Å². The van der Waals surface area contributed by atoms with Gasteiger partial charge in [-0.3, -0.25) is 14.5 Å². The van der Waals surface area contributed by atoms with E-state index in [4.69, 9.17) is 0 Å². The number of quaternary nitrogens is 1. The Labute approximate surface area is 170 Å². The third kappa shape index (κ3) is 5.77. The fourth-order valence-corrected chi connectivity index (χ4v) is 3.95. The van der Waals surface area contributed by atoms with E-state index in [0.717, 1.165) is 35.2 Å². The molecule has 0 aliphatic carbocycles. The van der Waals surface area contributed by atoms with Crippen molar-refractivity contribution < 1.29 is 19.5 Å². The van der Waals surface area contributed by atoms with Crippen molar-refractivity contribution in [1.82, 2.24) is 10.2 Å². The number of carbonyl (C=O) groups excluding carboxylic acids is 2. The number of H-pyrrole nitrogens is 1. The fourth-order valence-electron chi connectivity index (χ4n) is 3.30. The van der Waals surface area contributed by atoms with Gasteiger partial charge in [0.2, 0.25) is 0 Å². The molecule has 1 aliphatic heterocycles. The zero-order chi connectivity index (χ0) is 19.8. The predicted octanol–water partition coefficient (Wildman–Crippen LogP) is -0.568. The molecule has 1 unspecified atom stereocenters. The lowest BCUT2D eigenvalue weighted by Gasteiger charge is -2.31. The summed E-state index contributed by atoms with van der Waals surface area (Å²) in [5.41, 5.74) is 0. The average molecular weight is 404 g/mol. The van der Waals surface area contributed by atoms with Gasteiger partial charge in [0.25, 0.3) is 17.6 Å². The number of rotatable bonds is 8. The molecule has 0 spiro atoms. The van der Waals surface area contributed by atoms with Gasteiger partial charge in [-0.25, -0.2) is 4.98 Å². The lowest BCUT2D eigenvalue weighted by molar-refractivity contribution is -0.882. The second-order valence-electron chi connectivity index (χ2n) is 6.93. The molecule has 2 aromatic heterocycles. The van der Waals surface area contributed by atoms with Crippen LogP contribution in [0.15, 0.2) is 41.9 Å². The van der Waals surface area contributed by atoms with Crippen LogP contribution in [0, 0.1) is 0 Å². The van der Waals surface area contributed by atoms with Gasteiger partial charge in [-0.05, 0) is 24.4 Å². The Morgan fingerprint density at radius 3 is 2.61 bits per heavy atom. The molecule has 0 bridgehead atoms. The molecule has 0 aromatic carbocycles. The standard InChI is InChI=1S/C20H27N5O2S/c1-2-23(15-19(26)22-14-17-6-5-13-28-17)16-20(27)25-11-9-24(10-12-25)18-7-3-4-8-21-18/h3-8,13H,2,9-12,14-16H2,1H3,(H,22,26)/p+2. The first-order chi connectivity index (χ1) is 13.7. The molecule has 2 aromatic rings. The number of hydrogen-bond donors (Lipinski definition) is 2. The summed E-state index contributed by atoms with van der Waals surface area (Å²) in [6, 6.07) is 10.0. The summed E-state index contributed by atoms with van der Waals surface area (Å²) in [5, 5.41) is 4.94. The van der Waals surface area contributed by atoms with Crippen molar-refractivity contribution >= 4 is 29.0 Å². The van der Waals surface area contributed by atoms with E-state index in [-0.39, 0.29) is 11.8 Å². The number of anilines is 1. The van der Waals surface area contributed by atoms with Crippen molar-refractivity contribution in [3.05, 3.63) is 46.8 Å². The monoisotopic (exact) mass is 403 g/mol. The molecule has 1 atom stereocenters. The van der Waals surface area contributed by atoms with Gasteiger partial charge < -0.3 is 15.1 Å². The molecule has 3 N–H and O–H groups in total. The Morgan fingerprint density at radius 1 is 1.14 bits per heavy atom. The summed E-state index contributed by atoms with van der Waals surface area (Å²) in [4.78, 5) is 34.4. The zero-order valence-corrected chi connectivity index (χ0v) is 17.1. The summed E-state index contributed by atoms with van der Waals surface area (Å²) in [6.45, 7) is 7.05. The van der Waals surface area contributed by atoms with Crippen LogP contribution < -0.4 is 20.1 Å². The molecule has 0 radical (unpaired) electrons. The predicted molar refractivity (Wildman–Crippen MR) is 109 cm³/mol. The van der Waals surface area contributed by atoms with E-state index in [1.165, 1.54) is 0 Å². The van der Waals surface area contributed by atoms with Crippen molar-refractivity contribution in [2.45, 2.75) is 13.5 Å². The average Bonchev–Trinajstić information content (AvgIpc) is 3.26. The number of pyridine rings is 1. The normalized spacial score (nSPS) is 15.3. The summed E-state index contributed by atoms with van der Waals surface area (Å²) in [5.74, 6) is 1.19. The van der Waals surface area contributed by atoms with E-state index in [2.05, 4.69) is 21.3 Å². The van der Waals surface area contributed by atoms with Gasteiger partial charge in [0.15, 0.2) is 13.1 Å². The van der Waals surface area contributed by atoms with Crippen LogP contribution >= 0.6 is 11.3 Å². The van der Waals surface area contributed by atoms with Gasteiger partial charge >= 0.3 is 0 Å². The quantitative estimate of drug-likeness (QED) is 0.620. The van der Waals surface area contributed by atoms with Gasteiger partial charge in [-0.1, -0.05) is 12.1 Å². The summed E-state index contributed by atoms with van der Waals surface area (Å²) in [6.07, 6.45) is 1.92. The van der Waals surface area contributed by atoms with Gasteiger partial charge in [0.05, 0.1) is 32.4 Å². The fraction of sp³-hybridized carbons (Fsp3) is 0.450. The smallest absolute Gasteiger partial charge is 0.278 e. The lowest BCUT2D eigenvalue weighted by atomic mass is 10.3. The van der Waals surface area contributed by atoms with Crippen LogP contribution in [0.4, 0.5) is 5.82 Å². The Hall–Kier alpha value is -2.45. The molecule has 1 fully saturated rings. The summed E-state index contributed by atoms with van der Waals surface area (Å²) < 4.78 is 0. The minimum absolute atomic E-state index is 0.0116. The van der Waals surface area contributed by atoms with Crippen molar-refractivity contribution in [1.29, 1.82) is 0 Å². The number of likely N-dealkylation sites (N-methyl/N-ethyl adjacent to an activating group) is 1. The molecular formula is C20H29N5O2S+2. The summed E-state index contributed by atoms with van der Waals surface area (Å²) in [7, 11) is 0. The van der Waals surface area contributed by atoms with Gasteiger partial charge in [0.1, 0.15) is 13.1 Å².